The third-order valence-electron chi connectivity index (χ3n) is 2.26. The first-order valence-electron chi connectivity index (χ1n) is 4.04. The number of nitrogens with zero attached hydrogens (tertiary/aromatic N) is 1. The van der Waals surface area contributed by atoms with Gasteiger partial charge in [0.15, 0.2) is 0 Å². The summed E-state index contributed by atoms with van der Waals surface area (Å²) >= 11 is 0. The van der Waals surface area contributed by atoms with Crippen LogP contribution in [0.15, 0.2) is 12.3 Å². The van der Waals surface area contributed by atoms with Gasteiger partial charge in [0.25, 0.3) is 0 Å². The fourth-order valence-electron chi connectivity index (χ4n) is 0.627. The Kier molecular flexibility index (Phi) is 3.80. The van der Waals surface area contributed by atoms with Crippen LogP contribution in [0.5, 0.6) is 0 Å². The maximum absolute atomic E-state index is 10.2. The molecule has 0 aliphatic heterocycles. The summed E-state index contributed by atoms with van der Waals surface area (Å²) in [6.45, 7) is 6.21. The lowest BCUT2D eigenvalue weighted by Crippen LogP contribution is -2.36. The minimum atomic E-state index is -0.909. The normalized spacial score (nSPS) is 12.0. The van der Waals surface area contributed by atoms with Gasteiger partial charge in [0.05, 0.1) is 0 Å². The number of carboxylic acid groups (broad SMARTS) is 1. The zero-order valence-corrected chi connectivity index (χ0v) is 8.16. The van der Waals surface area contributed by atoms with E-state index in [-0.39, 0.29) is 5.54 Å². The molecule has 0 spiro atoms. The highest BCUT2D eigenvalue weighted by molar-refractivity contribution is 5.79. The number of aliphatic carboxylic acids is 1. The molecule has 0 atom stereocenters. The van der Waals surface area contributed by atoms with Crippen molar-refractivity contribution in [2.75, 3.05) is 7.05 Å². The van der Waals surface area contributed by atoms with Crippen molar-refractivity contribution in [1.29, 1.82) is 0 Å². The first-order valence-corrected chi connectivity index (χ1v) is 4.04. The lowest BCUT2D eigenvalue weighted by Gasteiger charge is -2.33. The number of hydrogen-bond acceptors (Lipinski definition) is 2. The molecule has 0 radical (unpaired) electrons. The van der Waals surface area contributed by atoms with Crippen LogP contribution in [0.2, 0.25) is 0 Å². The fraction of sp³-hybridized carbons (Fsp3) is 0.667. The van der Waals surface area contributed by atoms with Gasteiger partial charge in [0, 0.05) is 24.9 Å². The van der Waals surface area contributed by atoms with Crippen molar-refractivity contribution >= 4 is 5.97 Å². The molecule has 0 heterocycles. The summed E-state index contributed by atoms with van der Waals surface area (Å²) in [7, 11) is 1.88. The molecule has 0 amide bonds. The van der Waals surface area contributed by atoms with Crippen LogP contribution in [0.3, 0.4) is 0 Å². The first-order chi connectivity index (χ1) is 5.40. The molecule has 0 bridgehead atoms. The van der Waals surface area contributed by atoms with Crippen LogP contribution in [0, 0.1) is 0 Å². The van der Waals surface area contributed by atoms with Crippen molar-refractivity contribution in [2.45, 2.75) is 32.7 Å². The molecule has 0 aromatic heterocycles. The third kappa shape index (κ3) is 3.42. The molecule has 1 N–H and O–H groups in total. The molecule has 0 aromatic carbocycles. The van der Waals surface area contributed by atoms with Gasteiger partial charge in [-0.25, -0.2) is 4.79 Å². The molecule has 0 unspecified atom stereocenters. The molecule has 0 saturated carbocycles. The predicted octanol–water partition coefficient (Wildman–Crippen LogP) is 1.71. The smallest absolute Gasteiger partial charge is 0.329 e. The first kappa shape index (κ1) is 11.0. The summed E-state index contributed by atoms with van der Waals surface area (Å²) in [4.78, 5) is 12.1. The Morgan fingerprint density at radius 2 is 2.08 bits per heavy atom. The molecule has 0 aliphatic carbocycles. The molecule has 0 rings (SSSR count). The molecule has 0 fully saturated rings. The summed E-state index contributed by atoms with van der Waals surface area (Å²) in [5.74, 6) is -0.909. The molecule has 0 aliphatic rings. The van der Waals surface area contributed by atoms with E-state index in [0.717, 1.165) is 12.5 Å². The van der Waals surface area contributed by atoms with Gasteiger partial charge in [0.1, 0.15) is 0 Å². The van der Waals surface area contributed by atoms with Gasteiger partial charge in [-0.15, -0.1) is 0 Å². The van der Waals surface area contributed by atoms with Crippen LogP contribution < -0.4 is 0 Å². The monoisotopic (exact) mass is 171 g/mol. The summed E-state index contributed by atoms with van der Waals surface area (Å²) < 4.78 is 0. The van der Waals surface area contributed by atoms with E-state index >= 15 is 0 Å². The van der Waals surface area contributed by atoms with Crippen molar-refractivity contribution in [3.8, 4) is 0 Å². The molecular weight excluding hydrogens is 154 g/mol. The maximum Gasteiger partial charge on any atom is 0.329 e. The van der Waals surface area contributed by atoms with Crippen LogP contribution in [-0.4, -0.2) is 28.6 Å². The maximum atomic E-state index is 10.2. The second-order valence-electron chi connectivity index (χ2n) is 3.43. The SMILES string of the molecule is CCC(C)(C)N(C)C=CC(=O)O. The summed E-state index contributed by atoms with van der Waals surface area (Å²) in [6.07, 6.45) is 3.72. The molecule has 3 nitrogen and oxygen atoms in total. The Morgan fingerprint density at radius 3 is 2.42 bits per heavy atom. The standard InChI is InChI=1S/C9H17NO2/c1-5-9(2,3)10(4)7-6-8(11)12/h6-7H,5H2,1-4H3,(H,11,12). The highest BCUT2D eigenvalue weighted by atomic mass is 16.4. The number of hydrogen-bond donors (Lipinski definition) is 1. The van der Waals surface area contributed by atoms with E-state index in [4.69, 9.17) is 5.11 Å². The Balaban J connectivity index is 4.20. The highest BCUT2D eigenvalue weighted by Crippen LogP contribution is 2.16. The van der Waals surface area contributed by atoms with Gasteiger partial charge in [-0.3, -0.25) is 0 Å². The van der Waals surface area contributed by atoms with Crippen LogP contribution in [0.1, 0.15) is 27.2 Å². The highest BCUT2D eigenvalue weighted by Gasteiger charge is 2.17. The van der Waals surface area contributed by atoms with Gasteiger partial charge in [0.2, 0.25) is 0 Å². The van der Waals surface area contributed by atoms with Crippen molar-refractivity contribution < 1.29 is 9.90 Å². The lowest BCUT2D eigenvalue weighted by molar-refractivity contribution is -0.131. The Bertz CT molecular complexity index is 185. The van der Waals surface area contributed by atoms with Crippen LogP contribution in [-0.2, 0) is 4.79 Å². The van der Waals surface area contributed by atoms with Gasteiger partial charge >= 0.3 is 5.97 Å². The molecular formula is C9H17NO2. The van der Waals surface area contributed by atoms with Crippen molar-refractivity contribution in [3.63, 3.8) is 0 Å². The van der Waals surface area contributed by atoms with E-state index < -0.39 is 5.97 Å². The molecule has 12 heavy (non-hydrogen) atoms. The van der Waals surface area contributed by atoms with E-state index in [1.807, 2.05) is 11.9 Å². The van der Waals surface area contributed by atoms with Gasteiger partial charge in [-0.05, 0) is 20.3 Å². The zero-order valence-electron chi connectivity index (χ0n) is 8.16. The average Bonchev–Trinajstić information content (AvgIpc) is 2.00. The van der Waals surface area contributed by atoms with Gasteiger partial charge in [-0.1, -0.05) is 6.92 Å². The predicted molar refractivity (Wildman–Crippen MR) is 48.9 cm³/mol. The second-order valence-corrected chi connectivity index (χ2v) is 3.43. The Morgan fingerprint density at radius 1 is 1.58 bits per heavy atom. The quantitative estimate of drug-likeness (QED) is 0.654. The van der Waals surface area contributed by atoms with Crippen molar-refractivity contribution in [3.05, 3.63) is 12.3 Å². The largest absolute Gasteiger partial charge is 0.478 e. The minimum Gasteiger partial charge on any atom is -0.478 e. The van der Waals surface area contributed by atoms with Crippen LogP contribution in [0.4, 0.5) is 0 Å². The van der Waals surface area contributed by atoms with E-state index in [2.05, 4.69) is 20.8 Å². The average molecular weight is 171 g/mol. The topological polar surface area (TPSA) is 40.5 Å². The number of carbonyl (C=O) groups is 1. The van der Waals surface area contributed by atoms with Crippen molar-refractivity contribution in [1.82, 2.24) is 4.90 Å². The number of rotatable bonds is 4. The molecule has 0 aromatic rings. The van der Waals surface area contributed by atoms with Gasteiger partial charge in [-0.2, -0.15) is 0 Å². The van der Waals surface area contributed by atoms with E-state index in [0.29, 0.717) is 0 Å². The van der Waals surface area contributed by atoms with Crippen molar-refractivity contribution in [2.24, 2.45) is 0 Å². The molecule has 3 heteroatoms. The fourth-order valence-corrected chi connectivity index (χ4v) is 0.627. The Labute approximate surface area is 73.7 Å². The third-order valence-corrected chi connectivity index (χ3v) is 2.26. The zero-order chi connectivity index (χ0) is 9.78. The summed E-state index contributed by atoms with van der Waals surface area (Å²) in [5, 5.41) is 8.39. The van der Waals surface area contributed by atoms with E-state index in [1.54, 1.807) is 6.20 Å². The lowest BCUT2D eigenvalue weighted by atomic mass is 10.0. The Hall–Kier alpha value is -0.990. The van der Waals surface area contributed by atoms with Gasteiger partial charge < -0.3 is 10.0 Å². The van der Waals surface area contributed by atoms with Crippen LogP contribution in [0.25, 0.3) is 0 Å². The summed E-state index contributed by atoms with van der Waals surface area (Å²) in [6, 6.07) is 0. The summed E-state index contributed by atoms with van der Waals surface area (Å²) in [5.41, 5.74) is 0.0198. The minimum absolute atomic E-state index is 0.0198. The van der Waals surface area contributed by atoms with E-state index in [9.17, 15) is 4.79 Å². The van der Waals surface area contributed by atoms with E-state index in [1.165, 1.54) is 0 Å². The molecule has 0 saturated heterocycles. The second kappa shape index (κ2) is 4.14. The van der Waals surface area contributed by atoms with Crippen LogP contribution >= 0.6 is 0 Å². The molecule has 70 valence electrons. The number of carboxylic acids is 1.